The highest BCUT2D eigenvalue weighted by Gasteiger charge is 2.24. The van der Waals surface area contributed by atoms with Crippen LogP contribution < -0.4 is 15.4 Å². The number of aryl methyl sites for hydroxylation is 2. The number of ether oxygens (including phenoxy) is 1. The first-order valence-electron chi connectivity index (χ1n) is 10.7. The monoisotopic (exact) mass is 427 g/mol. The quantitative estimate of drug-likeness (QED) is 0.693. The highest BCUT2D eigenvalue weighted by Crippen LogP contribution is 2.20. The molecule has 2 aromatic carbocycles. The number of hydrogen-bond acceptors (Lipinski definition) is 3. The average Bonchev–Trinajstić information content (AvgIpc) is 2.74. The van der Waals surface area contributed by atoms with Crippen LogP contribution in [0.5, 0.6) is 5.75 Å². The summed E-state index contributed by atoms with van der Waals surface area (Å²) in [6.07, 6.45) is 2.18. The molecule has 7 heteroatoms. The van der Waals surface area contributed by atoms with Gasteiger partial charge in [0.05, 0.1) is 13.0 Å². The van der Waals surface area contributed by atoms with Gasteiger partial charge in [-0.2, -0.15) is 0 Å². The van der Waals surface area contributed by atoms with Crippen molar-refractivity contribution in [3.63, 3.8) is 0 Å². The van der Waals surface area contributed by atoms with Crippen LogP contribution in [0.1, 0.15) is 30.4 Å². The minimum absolute atomic E-state index is 0.0682. The third kappa shape index (κ3) is 6.98. The zero-order chi connectivity index (χ0) is 22.2. The Hall–Kier alpha value is -3.09. The topological polar surface area (TPSA) is 70.7 Å². The Balaban J connectivity index is 1.39. The average molecular weight is 428 g/mol. The Kier molecular flexibility index (Phi) is 7.87. The molecule has 0 aromatic heterocycles. The Bertz CT molecular complexity index is 919. The van der Waals surface area contributed by atoms with Gasteiger partial charge < -0.3 is 20.3 Å². The molecule has 2 N–H and O–H groups in total. The van der Waals surface area contributed by atoms with Gasteiger partial charge in [0.25, 0.3) is 0 Å². The van der Waals surface area contributed by atoms with Gasteiger partial charge in [-0.1, -0.05) is 23.8 Å². The Morgan fingerprint density at radius 2 is 2.03 bits per heavy atom. The van der Waals surface area contributed by atoms with E-state index in [0.717, 1.165) is 30.7 Å². The number of amides is 3. The molecule has 1 atom stereocenters. The van der Waals surface area contributed by atoms with Gasteiger partial charge in [-0.3, -0.25) is 4.79 Å². The molecule has 1 heterocycles. The van der Waals surface area contributed by atoms with Crippen molar-refractivity contribution in [1.82, 2.24) is 10.2 Å². The molecule has 6 nitrogen and oxygen atoms in total. The standard InChI is InChI=1S/C24H30FN3O3/c1-17-8-9-22(18(2)13-17)31-12-10-23(29)28-11-4-5-19(16-28)15-26-24(30)27-21-7-3-6-20(25)14-21/h3,6-9,13-14,19H,4-5,10-12,15-16H2,1-2H3,(H2,26,27,30). The highest BCUT2D eigenvalue weighted by molar-refractivity contribution is 5.89. The first-order chi connectivity index (χ1) is 14.9. The van der Waals surface area contributed by atoms with Crippen LogP contribution in [-0.2, 0) is 4.79 Å². The molecular weight excluding hydrogens is 397 g/mol. The second-order valence-electron chi connectivity index (χ2n) is 8.06. The zero-order valence-electron chi connectivity index (χ0n) is 18.1. The van der Waals surface area contributed by atoms with Crippen molar-refractivity contribution in [2.24, 2.45) is 5.92 Å². The van der Waals surface area contributed by atoms with E-state index in [-0.39, 0.29) is 17.9 Å². The molecular formula is C24H30FN3O3. The Labute approximate surface area is 182 Å². The number of nitrogens with one attached hydrogen (secondary N) is 2. The van der Waals surface area contributed by atoms with Gasteiger partial charge in [-0.15, -0.1) is 0 Å². The maximum Gasteiger partial charge on any atom is 0.319 e. The van der Waals surface area contributed by atoms with E-state index in [4.69, 9.17) is 4.74 Å². The molecule has 166 valence electrons. The number of likely N-dealkylation sites (tertiary alicyclic amines) is 1. The number of nitrogens with zero attached hydrogens (tertiary/aromatic N) is 1. The molecule has 2 aromatic rings. The fraction of sp³-hybridized carbons (Fsp3) is 0.417. The summed E-state index contributed by atoms with van der Waals surface area (Å²) in [7, 11) is 0. The molecule has 3 amide bonds. The fourth-order valence-corrected chi connectivity index (χ4v) is 3.80. The number of piperidine rings is 1. The van der Waals surface area contributed by atoms with Crippen LogP contribution in [0.2, 0.25) is 0 Å². The van der Waals surface area contributed by atoms with E-state index in [1.54, 1.807) is 12.1 Å². The largest absolute Gasteiger partial charge is 0.493 e. The molecule has 1 aliphatic heterocycles. The second-order valence-corrected chi connectivity index (χ2v) is 8.06. The van der Waals surface area contributed by atoms with Crippen LogP contribution in [0.25, 0.3) is 0 Å². The Morgan fingerprint density at radius 3 is 2.81 bits per heavy atom. The van der Waals surface area contributed by atoms with Crippen LogP contribution in [0.4, 0.5) is 14.9 Å². The molecule has 0 saturated carbocycles. The lowest BCUT2D eigenvalue weighted by Crippen LogP contribution is -2.44. The van der Waals surface area contributed by atoms with E-state index in [2.05, 4.69) is 16.7 Å². The first-order valence-corrected chi connectivity index (χ1v) is 10.7. The highest BCUT2D eigenvalue weighted by atomic mass is 19.1. The lowest BCUT2D eigenvalue weighted by Gasteiger charge is -2.33. The van der Waals surface area contributed by atoms with Crippen molar-refractivity contribution < 1.29 is 18.7 Å². The maximum atomic E-state index is 13.2. The summed E-state index contributed by atoms with van der Waals surface area (Å²) < 4.78 is 19.0. The van der Waals surface area contributed by atoms with E-state index in [9.17, 15) is 14.0 Å². The smallest absolute Gasteiger partial charge is 0.319 e. The molecule has 0 bridgehead atoms. The SMILES string of the molecule is Cc1ccc(OCCC(=O)N2CCCC(CNC(=O)Nc3cccc(F)c3)C2)c(C)c1. The molecule has 1 saturated heterocycles. The summed E-state index contributed by atoms with van der Waals surface area (Å²) in [5.41, 5.74) is 2.65. The van der Waals surface area contributed by atoms with Gasteiger partial charge >= 0.3 is 6.03 Å². The molecule has 3 rings (SSSR count). The maximum absolute atomic E-state index is 13.2. The van der Waals surface area contributed by atoms with E-state index in [1.165, 1.54) is 17.7 Å². The van der Waals surface area contributed by atoms with E-state index >= 15 is 0 Å². The number of urea groups is 1. The van der Waals surface area contributed by atoms with Gasteiger partial charge in [0.2, 0.25) is 5.91 Å². The molecule has 0 spiro atoms. The van der Waals surface area contributed by atoms with Crippen LogP contribution in [0, 0.1) is 25.6 Å². The lowest BCUT2D eigenvalue weighted by molar-refractivity contribution is -0.133. The molecule has 0 radical (unpaired) electrons. The van der Waals surface area contributed by atoms with Crippen LogP contribution >= 0.6 is 0 Å². The van der Waals surface area contributed by atoms with Crippen molar-refractivity contribution in [3.8, 4) is 5.75 Å². The molecule has 31 heavy (non-hydrogen) atoms. The van der Waals surface area contributed by atoms with Crippen molar-refractivity contribution in [2.45, 2.75) is 33.1 Å². The van der Waals surface area contributed by atoms with Gasteiger partial charge in [-0.25, -0.2) is 9.18 Å². The summed E-state index contributed by atoms with van der Waals surface area (Å²) in [6, 6.07) is 11.4. The lowest BCUT2D eigenvalue weighted by atomic mass is 9.98. The third-order valence-corrected chi connectivity index (χ3v) is 5.41. The van der Waals surface area contributed by atoms with E-state index in [1.807, 2.05) is 30.9 Å². The number of anilines is 1. The third-order valence-electron chi connectivity index (χ3n) is 5.41. The summed E-state index contributed by atoms with van der Waals surface area (Å²) in [5.74, 6) is 0.666. The van der Waals surface area contributed by atoms with Crippen LogP contribution in [0.3, 0.4) is 0 Å². The van der Waals surface area contributed by atoms with Crippen molar-refractivity contribution in [2.75, 3.05) is 31.6 Å². The van der Waals surface area contributed by atoms with Gasteiger partial charge in [-0.05, 0) is 62.4 Å². The Morgan fingerprint density at radius 1 is 1.19 bits per heavy atom. The number of halogens is 1. The number of carbonyl (C=O) groups excluding carboxylic acids is 2. The second kappa shape index (κ2) is 10.8. The molecule has 1 aliphatic rings. The van der Waals surface area contributed by atoms with Gasteiger partial charge in [0.15, 0.2) is 0 Å². The zero-order valence-corrected chi connectivity index (χ0v) is 18.1. The number of rotatable bonds is 7. The number of hydrogen-bond donors (Lipinski definition) is 2. The van der Waals surface area contributed by atoms with Gasteiger partial charge in [0, 0.05) is 25.3 Å². The molecule has 1 unspecified atom stereocenters. The normalized spacial score (nSPS) is 16.0. The van der Waals surface area contributed by atoms with Crippen molar-refractivity contribution >= 4 is 17.6 Å². The predicted molar refractivity (Wildman–Crippen MR) is 119 cm³/mol. The van der Waals surface area contributed by atoms with Crippen molar-refractivity contribution in [1.29, 1.82) is 0 Å². The number of benzene rings is 2. The predicted octanol–water partition coefficient (Wildman–Crippen LogP) is 4.27. The first kappa shape index (κ1) is 22.6. The van der Waals surface area contributed by atoms with Crippen LogP contribution in [0.15, 0.2) is 42.5 Å². The summed E-state index contributed by atoms with van der Waals surface area (Å²) >= 11 is 0. The van der Waals surface area contributed by atoms with E-state index < -0.39 is 5.82 Å². The number of carbonyl (C=O) groups is 2. The minimum Gasteiger partial charge on any atom is -0.493 e. The minimum atomic E-state index is -0.402. The summed E-state index contributed by atoms with van der Waals surface area (Å²) in [5, 5.41) is 5.44. The fourth-order valence-electron chi connectivity index (χ4n) is 3.80. The molecule has 0 aliphatic carbocycles. The van der Waals surface area contributed by atoms with Crippen molar-refractivity contribution in [3.05, 3.63) is 59.4 Å². The van der Waals surface area contributed by atoms with Crippen LogP contribution in [-0.4, -0.2) is 43.1 Å². The summed E-state index contributed by atoms with van der Waals surface area (Å²) in [4.78, 5) is 26.5. The molecule has 1 fully saturated rings. The van der Waals surface area contributed by atoms with Gasteiger partial charge in [0.1, 0.15) is 11.6 Å². The summed E-state index contributed by atoms with van der Waals surface area (Å²) in [6.45, 7) is 6.18. The van der Waals surface area contributed by atoms with E-state index in [0.29, 0.717) is 31.8 Å².